The summed E-state index contributed by atoms with van der Waals surface area (Å²) in [6.07, 6.45) is 0.320. The minimum Gasteiger partial charge on any atom is -0.497 e. The largest absolute Gasteiger partial charge is 0.497 e. The Morgan fingerprint density at radius 3 is 2.23 bits per heavy atom. The Morgan fingerprint density at radius 2 is 1.70 bits per heavy atom. The molecule has 2 aromatic carbocycles. The first kappa shape index (κ1) is 21.3. The van der Waals surface area contributed by atoms with Crippen LogP contribution in [0, 0.1) is 11.3 Å². The van der Waals surface area contributed by atoms with Gasteiger partial charge in [0.05, 0.1) is 19.6 Å². The number of nitrogens with one attached hydrogen (secondary N) is 1. The van der Waals surface area contributed by atoms with Gasteiger partial charge < -0.3 is 15.0 Å². The van der Waals surface area contributed by atoms with E-state index in [0.717, 1.165) is 16.9 Å². The van der Waals surface area contributed by atoms with Crippen LogP contribution in [-0.4, -0.2) is 54.9 Å². The van der Waals surface area contributed by atoms with E-state index in [-0.39, 0.29) is 17.9 Å². The Kier molecular flexibility index (Phi) is 7.04. The van der Waals surface area contributed by atoms with Crippen molar-refractivity contribution in [3.63, 3.8) is 0 Å². The summed E-state index contributed by atoms with van der Waals surface area (Å²) in [5.41, 5.74) is 2.55. The van der Waals surface area contributed by atoms with E-state index in [4.69, 9.17) is 4.74 Å². The standard InChI is InChI=1S/C23H26N4O3/c1-17(28)25-20-7-3-18(4-8-20)15-23(29)27-13-11-26(12-14-27)22(16-24)19-5-9-21(30-2)10-6-19/h3-10,22H,11-15H2,1-2H3,(H,25,28). The molecule has 156 valence electrons. The first-order chi connectivity index (χ1) is 14.5. The van der Waals surface area contributed by atoms with Crippen molar-refractivity contribution < 1.29 is 14.3 Å². The fourth-order valence-electron chi connectivity index (χ4n) is 3.58. The molecule has 7 heteroatoms. The lowest BCUT2D eigenvalue weighted by Gasteiger charge is -2.37. The predicted molar refractivity (Wildman–Crippen MR) is 114 cm³/mol. The summed E-state index contributed by atoms with van der Waals surface area (Å²) in [5.74, 6) is 0.706. The lowest BCUT2D eigenvalue weighted by Crippen LogP contribution is -2.49. The number of anilines is 1. The number of carbonyl (C=O) groups is 2. The van der Waals surface area contributed by atoms with Gasteiger partial charge in [0.1, 0.15) is 11.8 Å². The molecule has 1 aliphatic rings. The van der Waals surface area contributed by atoms with Crippen molar-refractivity contribution in [3.05, 3.63) is 59.7 Å². The predicted octanol–water partition coefficient (Wildman–Crippen LogP) is 2.61. The monoisotopic (exact) mass is 406 g/mol. The highest BCUT2D eigenvalue weighted by molar-refractivity contribution is 5.88. The SMILES string of the molecule is COc1ccc(C(C#N)N2CCN(C(=O)Cc3ccc(NC(C)=O)cc3)CC2)cc1. The van der Waals surface area contributed by atoms with Gasteiger partial charge in [0.15, 0.2) is 0 Å². The van der Waals surface area contributed by atoms with Gasteiger partial charge in [-0.15, -0.1) is 0 Å². The number of hydrogen-bond donors (Lipinski definition) is 1. The van der Waals surface area contributed by atoms with E-state index in [1.807, 2.05) is 41.3 Å². The molecule has 0 bridgehead atoms. The molecule has 0 spiro atoms. The zero-order valence-electron chi connectivity index (χ0n) is 17.3. The molecule has 1 unspecified atom stereocenters. The topological polar surface area (TPSA) is 85.7 Å². The van der Waals surface area contributed by atoms with Crippen molar-refractivity contribution in [2.45, 2.75) is 19.4 Å². The molecular formula is C23H26N4O3. The molecule has 2 aromatic rings. The van der Waals surface area contributed by atoms with Crippen LogP contribution in [0.3, 0.4) is 0 Å². The average molecular weight is 406 g/mol. The van der Waals surface area contributed by atoms with Gasteiger partial charge in [-0.3, -0.25) is 14.5 Å². The summed E-state index contributed by atoms with van der Waals surface area (Å²) in [5, 5.41) is 12.4. The summed E-state index contributed by atoms with van der Waals surface area (Å²) >= 11 is 0. The highest BCUT2D eigenvalue weighted by Crippen LogP contribution is 2.24. The molecule has 1 atom stereocenters. The van der Waals surface area contributed by atoms with E-state index >= 15 is 0 Å². The number of hydrogen-bond acceptors (Lipinski definition) is 5. The summed E-state index contributed by atoms with van der Waals surface area (Å²) in [7, 11) is 1.62. The lowest BCUT2D eigenvalue weighted by atomic mass is 10.0. The van der Waals surface area contributed by atoms with Crippen molar-refractivity contribution in [3.8, 4) is 11.8 Å². The molecule has 2 amide bonds. The van der Waals surface area contributed by atoms with E-state index in [1.54, 1.807) is 19.2 Å². The van der Waals surface area contributed by atoms with Crippen LogP contribution in [0.25, 0.3) is 0 Å². The molecule has 1 heterocycles. The van der Waals surface area contributed by atoms with Crippen LogP contribution < -0.4 is 10.1 Å². The van der Waals surface area contributed by atoms with Crippen molar-refractivity contribution >= 4 is 17.5 Å². The van der Waals surface area contributed by atoms with Crippen LogP contribution >= 0.6 is 0 Å². The smallest absolute Gasteiger partial charge is 0.227 e. The van der Waals surface area contributed by atoms with Gasteiger partial charge in [-0.05, 0) is 35.4 Å². The third kappa shape index (κ3) is 5.37. The third-order valence-electron chi connectivity index (χ3n) is 5.22. The zero-order chi connectivity index (χ0) is 21.5. The minimum absolute atomic E-state index is 0.0693. The highest BCUT2D eigenvalue weighted by atomic mass is 16.5. The van der Waals surface area contributed by atoms with Crippen molar-refractivity contribution in [2.24, 2.45) is 0 Å². The molecule has 0 aliphatic carbocycles. The van der Waals surface area contributed by atoms with Crippen LogP contribution in [0.15, 0.2) is 48.5 Å². The molecule has 0 radical (unpaired) electrons. The Labute approximate surface area is 176 Å². The molecule has 3 rings (SSSR count). The highest BCUT2D eigenvalue weighted by Gasteiger charge is 2.27. The molecule has 0 aromatic heterocycles. The van der Waals surface area contributed by atoms with E-state index in [0.29, 0.717) is 38.3 Å². The van der Waals surface area contributed by atoms with E-state index < -0.39 is 0 Å². The van der Waals surface area contributed by atoms with Gasteiger partial charge in [0.2, 0.25) is 11.8 Å². The second kappa shape index (κ2) is 9.90. The second-order valence-electron chi connectivity index (χ2n) is 7.28. The summed E-state index contributed by atoms with van der Waals surface area (Å²) < 4.78 is 5.18. The lowest BCUT2D eigenvalue weighted by molar-refractivity contribution is -0.132. The normalized spacial score (nSPS) is 15.2. The number of nitriles is 1. The van der Waals surface area contributed by atoms with Crippen LogP contribution in [0.4, 0.5) is 5.69 Å². The Balaban J connectivity index is 1.54. The maximum atomic E-state index is 12.7. The molecule has 1 saturated heterocycles. The number of ether oxygens (including phenoxy) is 1. The van der Waals surface area contributed by atoms with Crippen molar-refractivity contribution in [1.29, 1.82) is 5.26 Å². The van der Waals surface area contributed by atoms with Crippen LogP contribution in [0.1, 0.15) is 24.1 Å². The summed E-state index contributed by atoms with van der Waals surface area (Å²) in [6.45, 7) is 3.95. The number of methoxy groups -OCH3 is 1. The molecular weight excluding hydrogens is 380 g/mol. The van der Waals surface area contributed by atoms with E-state index in [2.05, 4.69) is 16.3 Å². The van der Waals surface area contributed by atoms with E-state index in [1.165, 1.54) is 6.92 Å². The number of benzene rings is 2. The fraction of sp³-hybridized carbons (Fsp3) is 0.348. The minimum atomic E-state index is -0.338. The number of rotatable bonds is 6. The second-order valence-corrected chi connectivity index (χ2v) is 7.28. The first-order valence-electron chi connectivity index (χ1n) is 9.92. The molecule has 7 nitrogen and oxygen atoms in total. The molecule has 1 aliphatic heterocycles. The van der Waals surface area contributed by atoms with Gasteiger partial charge in [-0.2, -0.15) is 5.26 Å². The average Bonchev–Trinajstić information content (AvgIpc) is 2.76. The molecule has 1 N–H and O–H groups in total. The Bertz CT molecular complexity index is 911. The number of amides is 2. The van der Waals surface area contributed by atoms with Crippen molar-refractivity contribution in [1.82, 2.24) is 9.80 Å². The van der Waals surface area contributed by atoms with Gasteiger partial charge in [-0.1, -0.05) is 24.3 Å². The van der Waals surface area contributed by atoms with Crippen LogP contribution in [0.2, 0.25) is 0 Å². The number of nitrogens with zero attached hydrogens (tertiary/aromatic N) is 3. The maximum Gasteiger partial charge on any atom is 0.227 e. The van der Waals surface area contributed by atoms with E-state index in [9.17, 15) is 14.9 Å². The maximum absolute atomic E-state index is 12.7. The Hall–Kier alpha value is -3.37. The van der Waals surface area contributed by atoms with Crippen LogP contribution in [-0.2, 0) is 16.0 Å². The summed E-state index contributed by atoms with van der Waals surface area (Å²) in [6, 6.07) is 16.9. The van der Waals surface area contributed by atoms with Crippen molar-refractivity contribution in [2.75, 3.05) is 38.6 Å². The van der Waals surface area contributed by atoms with Gasteiger partial charge in [-0.25, -0.2) is 0 Å². The van der Waals surface area contributed by atoms with Gasteiger partial charge >= 0.3 is 0 Å². The quantitative estimate of drug-likeness (QED) is 0.797. The van der Waals surface area contributed by atoms with Crippen LogP contribution in [0.5, 0.6) is 5.75 Å². The molecule has 0 saturated carbocycles. The zero-order valence-corrected chi connectivity index (χ0v) is 17.3. The van der Waals surface area contributed by atoms with Gasteiger partial charge in [0, 0.05) is 38.8 Å². The fourth-order valence-corrected chi connectivity index (χ4v) is 3.58. The number of carbonyl (C=O) groups excluding carboxylic acids is 2. The Morgan fingerprint density at radius 1 is 1.07 bits per heavy atom. The first-order valence-corrected chi connectivity index (χ1v) is 9.92. The van der Waals surface area contributed by atoms with Gasteiger partial charge in [0.25, 0.3) is 0 Å². The molecule has 1 fully saturated rings. The number of piperazine rings is 1. The summed E-state index contributed by atoms with van der Waals surface area (Å²) in [4.78, 5) is 27.7. The third-order valence-corrected chi connectivity index (χ3v) is 5.22. The molecule has 30 heavy (non-hydrogen) atoms.